The van der Waals surface area contributed by atoms with Crippen LogP contribution < -0.4 is 0 Å². The van der Waals surface area contributed by atoms with Crippen LogP contribution in [0.25, 0.3) is 0 Å². The molecule has 0 radical (unpaired) electrons. The largest absolute Gasteiger partial charge is 0.139 e. The summed E-state index contributed by atoms with van der Waals surface area (Å²) in [5, 5.41) is 0. The van der Waals surface area contributed by atoms with Crippen molar-refractivity contribution in [1.82, 2.24) is 0 Å². The number of hydrogen-bond donors (Lipinski definition) is 0. The normalized spacial score (nSPS) is 30.8. The van der Waals surface area contributed by atoms with Crippen LogP contribution in [0.3, 0.4) is 0 Å². The van der Waals surface area contributed by atoms with E-state index >= 15 is 0 Å². The molecule has 0 N–H and O–H groups in total. The third-order valence-corrected chi connectivity index (χ3v) is 2.54. The van der Waals surface area contributed by atoms with Crippen molar-refractivity contribution in [1.29, 1.82) is 0 Å². The molecule has 1 saturated heterocycles. The van der Waals surface area contributed by atoms with Crippen molar-refractivity contribution in [3.05, 3.63) is 0 Å². The van der Waals surface area contributed by atoms with Crippen LogP contribution in [0.15, 0.2) is 0 Å². The summed E-state index contributed by atoms with van der Waals surface area (Å²) in [5.41, 5.74) is 0. The Bertz CT molecular complexity index is 60.8. The zero-order chi connectivity index (χ0) is 5.98. The van der Waals surface area contributed by atoms with Crippen molar-refractivity contribution < 1.29 is 0 Å². The Hall–Kier alpha value is 0.0649. The monoisotopic (exact) mass is 110 g/mol. The Labute approximate surface area is 52.7 Å². The van der Waals surface area contributed by atoms with Gasteiger partial charge in [0, 0.05) is 0 Å². The van der Waals surface area contributed by atoms with Crippen molar-refractivity contribution in [3.8, 4) is 0 Å². The summed E-state index contributed by atoms with van der Waals surface area (Å²) < 4.78 is 0. The molecule has 46 valence electrons. The Morgan fingerprint density at radius 1 is 1.38 bits per heavy atom. The molecule has 0 aromatic heterocycles. The second-order valence-electron chi connectivity index (χ2n) is 3.24. The second kappa shape index (κ2) is 2.57. The highest BCUT2D eigenvalue weighted by atomic mass is 14.0. The molecule has 1 unspecified atom stereocenters. The van der Waals surface area contributed by atoms with E-state index in [1.54, 1.807) is 0 Å². The lowest BCUT2D eigenvalue weighted by atomic mass is 9.38. The summed E-state index contributed by atoms with van der Waals surface area (Å²) in [6.45, 7) is 5.76. The maximum absolute atomic E-state index is 2.38. The fourth-order valence-corrected chi connectivity index (χ4v) is 1.50. The predicted octanol–water partition coefficient (Wildman–Crippen LogP) is 2.69. The molecule has 0 spiro atoms. The van der Waals surface area contributed by atoms with E-state index in [4.69, 9.17) is 0 Å². The van der Waals surface area contributed by atoms with E-state index in [1.165, 1.54) is 25.6 Å². The first-order valence-corrected chi connectivity index (χ1v) is 3.80. The van der Waals surface area contributed by atoms with Gasteiger partial charge < -0.3 is 0 Å². The highest BCUT2D eigenvalue weighted by Gasteiger charge is 2.18. The maximum atomic E-state index is 2.38. The average Bonchev–Trinajstić information content (AvgIpc) is 1.77. The standard InChI is InChI=1S/C7H15B/c1-7-5-3-4-6-8(7)2/h7H,3-6H2,1-2H3. The molecule has 1 heteroatoms. The van der Waals surface area contributed by atoms with Crippen LogP contribution in [0.2, 0.25) is 19.0 Å². The maximum Gasteiger partial charge on any atom is 0.139 e. The first-order valence-electron chi connectivity index (χ1n) is 3.80. The van der Waals surface area contributed by atoms with Gasteiger partial charge in [0.05, 0.1) is 0 Å². The molecule has 8 heavy (non-hydrogen) atoms. The van der Waals surface area contributed by atoms with Crippen LogP contribution in [0.5, 0.6) is 0 Å². The zero-order valence-electron chi connectivity index (χ0n) is 5.98. The summed E-state index contributed by atoms with van der Waals surface area (Å²) in [4.78, 5) is 0. The minimum Gasteiger partial charge on any atom is -0.0859 e. The summed E-state index contributed by atoms with van der Waals surface area (Å²) in [6, 6.07) is 0. The van der Waals surface area contributed by atoms with Crippen molar-refractivity contribution in [2.45, 2.75) is 45.1 Å². The topological polar surface area (TPSA) is 0 Å². The highest BCUT2D eigenvalue weighted by molar-refractivity contribution is 6.59. The van der Waals surface area contributed by atoms with Gasteiger partial charge in [-0.2, -0.15) is 0 Å². The van der Waals surface area contributed by atoms with Gasteiger partial charge in [0.25, 0.3) is 0 Å². The smallest absolute Gasteiger partial charge is 0.0859 e. The second-order valence-corrected chi connectivity index (χ2v) is 3.24. The average molecular weight is 110 g/mol. The van der Waals surface area contributed by atoms with Gasteiger partial charge in [0.1, 0.15) is 6.71 Å². The number of rotatable bonds is 0. The first kappa shape index (κ1) is 6.19. The lowest BCUT2D eigenvalue weighted by molar-refractivity contribution is 0.648. The quantitative estimate of drug-likeness (QED) is 0.420. The van der Waals surface area contributed by atoms with Gasteiger partial charge in [-0.05, 0) is 0 Å². The molecule has 0 nitrogen and oxygen atoms in total. The Balaban J connectivity index is 2.28. The van der Waals surface area contributed by atoms with Gasteiger partial charge in [-0.1, -0.05) is 45.1 Å². The van der Waals surface area contributed by atoms with Crippen molar-refractivity contribution in [3.63, 3.8) is 0 Å². The van der Waals surface area contributed by atoms with Crippen LogP contribution >= 0.6 is 0 Å². The van der Waals surface area contributed by atoms with Crippen LogP contribution in [0.1, 0.15) is 26.2 Å². The molecule has 0 saturated carbocycles. The molecule has 0 aromatic rings. The summed E-state index contributed by atoms with van der Waals surface area (Å²) in [5.74, 6) is 1.00. The van der Waals surface area contributed by atoms with Gasteiger partial charge >= 0.3 is 0 Å². The lowest BCUT2D eigenvalue weighted by Gasteiger charge is -2.21. The Morgan fingerprint density at radius 2 is 2.12 bits per heavy atom. The van der Waals surface area contributed by atoms with Crippen molar-refractivity contribution in [2.24, 2.45) is 0 Å². The van der Waals surface area contributed by atoms with Gasteiger partial charge in [-0.3, -0.25) is 0 Å². The summed E-state index contributed by atoms with van der Waals surface area (Å²) >= 11 is 0. The van der Waals surface area contributed by atoms with E-state index in [-0.39, 0.29) is 0 Å². The molecule has 1 aliphatic rings. The molecule has 0 amide bonds. The SMILES string of the molecule is CB1CCCCC1C. The molecule has 1 aliphatic heterocycles. The van der Waals surface area contributed by atoms with Crippen LogP contribution in [0, 0.1) is 0 Å². The Morgan fingerprint density at radius 3 is 2.50 bits per heavy atom. The van der Waals surface area contributed by atoms with Crippen molar-refractivity contribution >= 4 is 6.71 Å². The van der Waals surface area contributed by atoms with E-state index in [1.807, 2.05) is 0 Å². The molecule has 1 fully saturated rings. The van der Waals surface area contributed by atoms with Gasteiger partial charge in [0.15, 0.2) is 0 Å². The minimum atomic E-state index is 1.00. The van der Waals surface area contributed by atoms with E-state index in [2.05, 4.69) is 13.7 Å². The summed E-state index contributed by atoms with van der Waals surface area (Å²) in [7, 11) is 0. The molecule has 0 aliphatic carbocycles. The highest BCUT2D eigenvalue weighted by Crippen LogP contribution is 2.27. The first-order chi connectivity index (χ1) is 3.80. The molecule has 1 atom stereocenters. The zero-order valence-corrected chi connectivity index (χ0v) is 5.98. The van der Waals surface area contributed by atoms with E-state index in [9.17, 15) is 0 Å². The van der Waals surface area contributed by atoms with Crippen LogP contribution in [0.4, 0.5) is 0 Å². The van der Waals surface area contributed by atoms with E-state index in [0.717, 1.165) is 12.5 Å². The molecular weight excluding hydrogens is 94.9 g/mol. The number of hydrogen-bond acceptors (Lipinski definition) is 0. The lowest BCUT2D eigenvalue weighted by Crippen LogP contribution is -2.17. The van der Waals surface area contributed by atoms with Gasteiger partial charge in [0.2, 0.25) is 0 Å². The Kier molecular flexibility index (Phi) is 1.98. The minimum absolute atomic E-state index is 1.00. The molecule has 1 heterocycles. The molecule has 0 aromatic carbocycles. The fourth-order valence-electron chi connectivity index (χ4n) is 1.50. The van der Waals surface area contributed by atoms with Crippen molar-refractivity contribution in [2.75, 3.05) is 0 Å². The molecule has 0 bridgehead atoms. The summed E-state index contributed by atoms with van der Waals surface area (Å²) in [6.07, 6.45) is 5.90. The van der Waals surface area contributed by atoms with Crippen LogP contribution in [-0.2, 0) is 0 Å². The predicted molar refractivity (Wildman–Crippen MR) is 39.7 cm³/mol. The third-order valence-electron chi connectivity index (χ3n) is 2.54. The van der Waals surface area contributed by atoms with Crippen LogP contribution in [-0.4, -0.2) is 6.71 Å². The fraction of sp³-hybridized carbons (Fsp3) is 1.00. The van der Waals surface area contributed by atoms with E-state index < -0.39 is 0 Å². The third kappa shape index (κ3) is 1.27. The molecular formula is C7H15B. The van der Waals surface area contributed by atoms with Gasteiger partial charge in [-0.25, -0.2) is 0 Å². The van der Waals surface area contributed by atoms with Gasteiger partial charge in [-0.15, -0.1) is 0 Å². The molecule has 1 rings (SSSR count). The van der Waals surface area contributed by atoms with E-state index in [0.29, 0.717) is 0 Å².